The maximum Gasteiger partial charge on any atom is 0.119 e. The summed E-state index contributed by atoms with van der Waals surface area (Å²) in [7, 11) is 0. The Labute approximate surface area is 168 Å². The minimum absolute atomic E-state index is 0.0256. The van der Waals surface area contributed by atoms with Crippen molar-refractivity contribution in [2.45, 2.75) is 47.0 Å². The van der Waals surface area contributed by atoms with E-state index in [1.54, 1.807) is 30.3 Å². The van der Waals surface area contributed by atoms with E-state index >= 15 is 0 Å². The van der Waals surface area contributed by atoms with E-state index < -0.39 is 0 Å². The fourth-order valence-electron chi connectivity index (χ4n) is 2.45. The molecular formula is C25H32O3. The van der Waals surface area contributed by atoms with Gasteiger partial charge in [-0.3, -0.25) is 0 Å². The number of benzene rings is 3. The molecule has 0 aliphatic heterocycles. The standard InChI is InChI=1S/C11H16O.2C7H8O/c1-8-5-6-9(10(12)7-8)11(2,3)4;1-6-2-4-7(8)5-3-6;1-6-3-2-4-7(8)5-6/h5-7,12H,1-4H3;2*2-5,8H,1H3. The summed E-state index contributed by atoms with van der Waals surface area (Å²) in [4.78, 5) is 0. The zero-order valence-electron chi connectivity index (χ0n) is 17.7. The highest BCUT2D eigenvalue weighted by atomic mass is 16.3. The van der Waals surface area contributed by atoms with Gasteiger partial charge in [0.2, 0.25) is 0 Å². The average molecular weight is 381 g/mol. The molecule has 0 unspecified atom stereocenters. The van der Waals surface area contributed by atoms with Gasteiger partial charge < -0.3 is 15.3 Å². The monoisotopic (exact) mass is 380 g/mol. The third-order valence-electron chi connectivity index (χ3n) is 4.00. The fourth-order valence-corrected chi connectivity index (χ4v) is 2.45. The van der Waals surface area contributed by atoms with Crippen molar-refractivity contribution in [3.05, 3.63) is 89.0 Å². The molecule has 0 bridgehead atoms. The van der Waals surface area contributed by atoms with E-state index in [1.807, 2.05) is 57.2 Å². The molecule has 0 saturated carbocycles. The molecule has 3 aromatic rings. The van der Waals surface area contributed by atoms with Crippen molar-refractivity contribution < 1.29 is 15.3 Å². The normalized spacial score (nSPS) is 10.2. The minimum Gasteiger partial charge on any atom is -0.508 e. The molecule has 0 amide bonds. The second-order valence-corrected chi connectivity index (χ2v) is 7.95. The lowest BCUT2D eigenvalue weighted by molar-refractivity contribution is 0.446. The quantitative estimate of drug-likeness (QED) is 0.423. The van der Waals surface area contributed by atoms with Crippen LogP contribution >= 0.6 is 0 Å². The first kappa shape index (κ1) is 23.1. The van der Waals surface area contributed by atoms with E-state index in [4.69, 9.17) is 10.2 Å². The number of aryl methyl sites for hydroxylation is 3. The Morgan fingerprint density at radius 2 is 1.11 bits per heavy atom. The van der Waals surface area contributed by atoms with Gasteiger partial charge in [0, 0.05) is 0 Å². The zero-order chi connectivity index (χ0) is 21.3. The second kappa shape index (κ2) is 10.4. The largest absolute Gasteiger partial charge is 0.508 e. The Morgan fingerprint density at radius 3 is 1.50 bits per heavy atom. The van der Waals surface area contributed by atoms with Crippen LogP contribution in [0.25, 0.3) is 0 Å². The minimum atomic E-state index is 0.0256. The van der Waals surface area contributed by atoms with Gasteiger partial charge in [-0.1, -0.05) is 62.7 Å². The number of hydrogen-bond donors (Lipinski definition) is 3. The zero-order valence-corrected chi connectivity index (χ0v) is 17.7. The van der Waals surface area contributed by atoms with E-state index in [0.29, 0.717) is 17.2 Å². The van der Waals surface area contributed by atoms with Gasteiger partial charge in [-0.15, -0.1) is 0 Å². The van der Waals surface area contributed by atoms with Crippen molar-refractivity contribution in [2.24, 2.45) is 0 Å². The van der Waals surface area contributed by atoms with E-state index in [-0.39, 0.29) is 5.41 Å². The molecule has 0 atom stereocenters. The first-order valence-corrected chi connectivity index (χ1v) is 9.30. The molecule has 0 aromatic heterocycles. The van der Waals surface area contributed by atoms with Crippen LogP contribution in [0.4, 0.5) is 0 Å². The number of hydrogen-bond acceptors (Lipinski definition) is 3. The van der Waals surface area contributed by atoms with Crippen LogP contribution in [0.2, 0.25) is 0 Å². The van der Waals surface area contributed by atoms with Crippen LogP contribution in [-0.2, 0) is 5.41 Å². The van der Waals surface area contributed by atoms with Crippen molar-refractivity contribution >= 4 is 0 Å². The first-order chi connectivity index (χ1) is 13.0. The predicted molar refractivity (Wildman–Crippen MR) is 117 cm³/mol. The maximum atomic E-state index is 9.63. The highest BCUT2D eigenvalue weighted by molar-refractivity contribution is 5.40. The summed E-state index contributed by atoms with van der Waals surface area (Å²) in [6.45, 7) is 12.2. The number of phenolic OH excluding ortho intramolecular Hbond substituents is 3. The topological polar surface area (TPSA) is 60.7 Å². The summed E-state index contributed by atoms with van der Waals surface area (Å²) in [5, 5.41) is 27.2. The number of phenols is 3. The van der Waals surface area contributed by atoms with Crippen LogP contribution < -0.4 is 0 Å². The Morgan fingerprint density at radius 1 is 0.571 bits per heavy atom. The molecule has 0 heterocycles. The van der Waals surface area contributed by atoms with E-state index in [9.17, 15) is 5.11 Å². The van der Waals surface area contributed by atoms with E-state index in [2.05, 4.69) is 20.8 Å². The van der Waals surface area contributed by atoms with Crippen molar-refractivity contribution in [2.75, 3.05) is 0 Å². The smallest absolute Gasteiger partial charge is 0.119 e. The highest BCUT2D eigenvalue weighted by Crippen LogP contribution is 2.30. The fraction of sp³-hybridized carbons (Fsp3) is 0.280. The lowest BCUT2D eigenvalue weighted by Crippen LogP contribution is -2.11. The second-order valence-electron chi connectivity index (χ2n) is 7.95. The summed E-state index contributed by atoms with van der Waals surface area (Å²) in [5.41, 5.74) is 4.39. The van der Waals surface area contributed by atoms with Gasteiger partial charge in [0.15, 0.2) is 0 Å². The van der Waals surface area contributed by atoms with Gasteiger partial charge in [0.25, 0.3) is 0 Å². The molecular weight excluding hydrogens is 348 g/mol. The summed E-state index contributed by atoms with van der Waals surface area (Å²) in [6, 6.07) is 20.1. The number of rotatable bonds is 0. The molecule has 150 valence electrons. The summed E-state index contributed by atoms with van der Waals surface area (Å²) < 4.78 is 0. The Bertz CT molecular complexity index is 821. The molecule has 3 aromatic carbocycles. The molecule has 28 heavy (non-hydrogen) atoms. The molecule has 3 rings (SSSR count). The molecule has 0 aliphatic rings. The number of aromatic hydroxyl groups is 3. The van der Waals surface area contributed by atoms with Gasteiger partial charge in [-0.2, -0.15) is 0 Å². The molecule has 0 fully saturated rings. The average Bonchev–Trinajstić information content (AvgIpc) is 2.57. The van der Waals surface area contributed by atoms with Crippen LogP contribution in [0.1, 0.15) is 43.0 Å². The summed E-state index contributed by atoms with van der Waals surface area (Å²) in [5.74, 6) is 1.07. The van der Waals surface area contributed by atoms with E-state index in [1.165, 1.54) is 5.56 Å². The van der Waals surface area contributed by atoms with Gasteiger partial charge in [0.05, 0.1) is 0 Å². The van der Waals surface area contributed by atoms with Crippen LogP contribution in [-0.4, -0.2) is 15.3 Å². The van der Waals surface area contributed by atoms with Crippen molar-refractivity contribution in [3.63, 3.8) is 0 Å². The van der Waals surface area contributed by atoms with Gasteiger partial charge in [-0.05, 0) is 73.2 Å². The first-order valence-electron chi connectivity index (χ1n) is 9.30. The Balaban J connectivity index is 0.000000217. The SMILES string of the molecule is Cc1ccc(C(C)(C)C)c(O)c1.Cc1ccc(O)cc1.Cc1cccc(O)c1. The third-order valence-corrected chi connectivity index (χ3v) is 4.00. The van der Waals surface area contributed by atoms with Crippen molar-refractivity contribution in [3.8, 4) is 17.2 Å². The maximum absolute atomic E-state index is 9.63. The summed E-state index contributed by atoms with van der Waals surface area (Å²) in [6.07, 6.45) is 0. The van der Waals surface area contributed by atoms with Gasteiger partial charge in [0.1, 0.15) is 17.2 Å². The lowest BCUT2D eigenvalue weighted by atomic mass is 9.86. The Hall–Kier alpha value is -2.94. The van der Waals surface area contributed by atoms with Crippen LogP contribution in [0.3, 0.4) is 0 Å². The molecule has 3 N–H and O–H groups in total. The van der Waals surface area contributed by atoms with Crippen molar-refractivity contribution in [1.82, 2.24) is 0 Å². The predicted octanol–water partition coefficient (Wildman–Crippen LogP) is 6.40. The van der Waals surface area contributed by atoms with E-state index in [0.717, 1.165) is 16.7 Å². The van der Waals surface area contributed by atoms with Crippen LogP contribution in [0.5, 0.6) is 17.2 Å². The van der Waals surface area contributed by atoms with Gasteiger partial charge >= 0.3 is 0 Å². The van der Waals surface area contributed by atoms with Crippen LogP contribution in [0.15, 0.2) is 66.7 Å². The molecule has 3 nitrogen and oxygen atoms in total. The summed E-state index contributed by atoms with van der Waals surface area (Å²) >= 11 is 0. The molecule has 0 aliphatic carbocycles. The molecule has 0 spiro atoms. The van der Waals surface area contributed by atoms with Crippen LogP contribution in [0, 0.1) is 20.8 Å². The molecule has 0 radical (unpaired) electrons. The molecule has 0 saturated heterocycles. The van der Waals surface area contributed by atoms with Gasteiger partial charge in [-0.25, -0.2) is 0 Å². The third kappa shape index (κ3) is 8.63. The highest BCUT2D eigenvalue weighted by Gasteiger charge is 2.17. The van der Waals surface area contributed by atoms with Crippen molar-refractivity contribution in [1.29, 1.82) is 0 Å². The Kier molecular flexibility index (Phi) is 8.59. The lowest BCUT2D eigenvalue weighted by Gasteiger charge is -2.20. The molecule has 3 heteroatoms.